The van der Waals surface area contributed by atoms with Crippen molar-refractivity contribution >= 4 is 11.8 Å². The minimum absolute atomic E-state index is 0.0630. The van der Waals surface area contributed by atoms with Crippen LogP contribution in [0.15, 0.2) is 48.5 Å². The van der Waals surface area contributed by atoms with Gasteiger partial charge in [-0.25, -0.2) is 4.39 Å². The van der Waals surface area contributed by atoms with Crippen LogP contribution < -0.4 is 10.1 Å². The highest BCUT2D eigenvalue weighted by molar-refractivity contribution is 5.96. The number of benzene rings is 2. The van der Waals surface area contributed by atoms with E-state index in [0.29, 0.717) is 11.3 Å². The molecule has 2 amide bonds. The maximum Gasteiger partial charge on any atom is 0.251 e. The van der Waals surface area contributed by atoms with Crippen molar-refractivity contribution in [1.29, 1.82) is 0 Å². The normalized spacial score (nSPS) is 10.1. The van der Waals surface area contributed by atoms with Crippen LogP contribution in [0.4, 0.5) is 4.39 Å². The Morgan fingerprint density at radius 2 is 1.83 bits per heavy atom. The second-order valence-electron chi connectivity index (χ2n) is 5.41. The fraction of sp³-hybridized carbons (Fsp3) is 0.222. The van der Waals surface area contributed by atoms with Crippen molar-refractivity contribution in [2.45, 2.75) is 6.61 Å². The number of carbonyl (C=O) groups is 2. The standard InChI is InChI=1S/C18H19FN2O3/c1-21(2)17(22)11-20-18(23)14-4-3-5-16(10-14)24-12-13-6-8-15(19)9-7-13/h3-10H,11-12H2,1-2H3,(H,20,23). The Morgan fingerprint density at radius 1 is 1.12 bits per heavy atom. The first-order valence-corrected chi connectivity index (χ1v) is 7.41. The monoisotopic (exact) mass is 330 g/mol. The fourth-order valence-corrected chi connectivity index (χ4v) is 1.89. The predicted molar refractivity (Wildman–Crippen MR) is 88.2 cm³/mol. The molecule has 0 radical (unpaired) electrons. The van der Waals surface area contributed by atoms with Gasteiger partial charge in [-0.15, -0.1) is 0 Å². The van der Waals surface area contributed by atoms with Crippen molar-refractivity contribution in [2.75, 3.05) is 20.6 Å². The molecular formula is C18H19FN2O3. The van der Waals surface area contributed by atoms with Crippen molar-refractivity contribution < 1.29 is 18.7 Å². The first-order valence-electron chi connectivity index (χ1n) is 7.41. The third-order valence-electron chi connectivity index (χ3n) is 3.31. The summed E-state index contributed by atoms with van der Waals surface area (Å²) in [6.07, 6.45) is 0. The number of likely N-dealkylation sites (N-methyl/N-ethyl adjacent to an activating group) is 1. The molecule has 0 aliphatic carbocycles. The minimum atomic E-state index is -0.350. The Balaban J connectivity index is 1.94. The number of ether oxygens (including phenoxy) is 1. The van der Waals surface area contributed by atoms with Crippen LogP contribution in [0.25, 0.3) is 0 Å². The number of nitrogens with zero attached hydrogens (tertiary/aromatic N) is 1. The number of rotatable bonds is 6. The van der Waals surface area contributed by atoms with Gasteiger partial charge in [0.05, 0.1) is 6.54 Å². The molecule has 0 saturated heterocycles. The van der Waals surface area contributed by atoms with Crippen LogP contribution in [0.2, 0.25) is 0 Å². The maximum absolute atomic E-state index is 12.9. The highest BCUT2D eigenvalue weighted by Crippen LogP contribution is 2.15. The summed E-state index contributed by atoms with van der Waals surface area (Å²) in [7, 11) is 3.25. The molecule has 0 spiro atoms. The maximum atomic E-state index is 12.9. The quantitative estimate of drug-likeness (QED) is 0.883. The van der Waals surface area contributed by atoms with E-state index in [1.54, 1.807) is 50.5 Å². The molecule has 0 unspecified atom stereocenters. The molecule has 0 aliphatic rings. The van der Waals surface area contributed by atoms with Gasteiger partial charge in [-0.3, -0.25) is 9.59 Å². The number of carbonyl (C=O) groups excluding carboxylic acids is 2. The molecule has 24 heavy (non-hydrogen) atoms. The van der Waals surface area contributed by atoms with Crippen molar-refractivity contribution in [3.63, 3.8) is 0 Å². The molecule has 1 N–H and O–H groups in total. The van der Waals surface area contributed by atoms with Gasteiger partial charge in [0.2, 0.25) is 5.91 Å². The molecule has 0 aromatic heterocycles. The molecule has 0 heterocycles. The zero-order valence-corrected chi connectivity index (χ0v) is 13.6. The van der Waals surface area contributed by atoms with Gasteiger partial charge in [-0.2, -0.15) is 0 Å². The van der Waals surface area contributed by atoms with Gasteiger partial charge in [0, 0.05) is 19.7 Å². The molecule has 0 saturated carbocycles. The first-order chi connectivity index (χ1) is 11.5. The summed E-state index contributed by atoms with van der Waals surface area (Å²) in [5, 5.41) is 2.56. The predicted octanol–water partition coefficient (Wildman–Crippen LogP) is 2.22. The third-order valence-corrected chi connectivity index (χ3v) is 3.31. The number of hydrogen-bond donors (Lipinski definition) is 1. The van der Waals surface area contributed by atoms with E-state index in [4.69, 9.17) is 4.74 Å². The number of nitrogens with one attached hydrogen (secondary N) is 1. The van der Waals surface area contributed by atoms with E-state index in [1.807, 2.05) is 0 Å². The van der Waals surface area contributed by atoms with Crippen molar-refractivity contribution in [1.82, 2.24) is 10.2 Å². The Labute approximate surface area is 140 Å². The molecule has 5 nitrogen and oxygen atoms in total. The van der Waals surface area contributed by atoms with Crippen LogP contribution in [0.3, 0.4) is 0 Å². The highest BCUT2D eigenvalue weighted by Gasteiger charge is 2.10. The van der Waals surface area contributed by atoms with Crippen molar-refractivity contribution in [3.05, 3.63) is 65.5 Å². The summed E-state index contributed by atoms with van der Waals surface area (Å²) in [5.74, 6) is -0.319. The lowest BCUT2D eigenvalue weighted by Crippen LogP contribution is -2.36. The van der Waals surface area contributed by atoms with Crippen LogP contribution in [-0.2, 0) is 11.4 Å². The topological polar surface area (TPSA) is 58.6 Å². The molecule has 6 heteroatoms. The summed E-state index contributed by atoms with van der Waals surface area (Å²) in [6, 6.07) is 12.7. The highest BCUT2D eigenvalue weighted by atomic mass is 19.1. The molecule has 126 valence electrons. The second kappa shape index (κ2) is 8.10. The van der Waals surface area contributed by atoms with E-state index < -0.39 is 0 Å². The Hall–Kier alpha value is -2.89. The van der Waals surface area contributed by atoms with E-state index in [1.165, 1.54) is 17.0 Å². The van der Waals surface area contributed by atoms with Crippen molar-refractivity contribution in [2.24, 2.45) is 0 Å². The summed E-state index contributed by atoms with van der Waals surface area (Å²) in [5.41, 5.74) is 1.22. The van der Waals surface area contributed by atoms with Gasteiger partial charge in [0.25, 0.3) is 5.91 Å². The van der Waals surface area contributed by atoms with E-state index in [9.17, 15) is 14.0 Å². The van der Waals surface area contributed by atoms with Gasteiger partial charge in [0.15, 0.2) is 0 Å². The number of halogens is 1. The zero-order valence-electron chi connectivity index (χ0n) is 13.6. The third kappa shape index (κ3) is 5.08. The Bertz CT molecular complexity index is 714. The van der Waals surface area contributed by atoms with E-state index in [2.05, 4.69) is 5.32 Å². The summed E-state index contributed by atoms with van der Waals surface area (Å²) in [6.45, 7) is 0.205. The molecule has 2 aromatic rings. The van der Waals surface area contributed by atoms with Gasteiger partial charge >= 0.3 is 0 Å². The van der Waals surface area contributed by atoms with Crippen LogP contribution in [0.5, 0.6) is 5.75 Å². The molecule has 2 aromatic carbocycles. The SMILES string of the molecule is CN(C)C(=O)CNC(=O)c1cccc(OCc2ccc(F)cc2)c1. The van der Waals surface area contributed by atoms with Gasteiger partial charge in [0.1, 0.15) is 18.2 Å². The van der Waals surface area contributed by atoms with Crippen molar-refractivity contribution in [3.8, 4) is 5.75 Å². The average Bonchev–Trinajstić information content (AvgIpc) is 2.59. The van der Waals surface area contributed by atoms with Crippen LogP contribution in [0, 0.1) is 5.82 Å². The van der Waals surface area contributed by atoms with Gasteiger partial charge in [-0.1, -0.05) is 18.2 Å². The molecule has 0 aliphatic heterocycles. The molecule has 2 rings (SSSR count). The number of amides is 2. The van der Waals surface area contributed by atoms with Gasteiger partial charge in [-0.05, 0) is 35.9 Å². The summed E-state index contributed by atoms with van der Waals surface area (Å²) < 4.78 is 18.5. The molecule has 0 atom stereocenters. The zero-order chi connectivity index (χ0) is 17.5. The first kappa shape index (κ1) is 17.5. The molecular weight excluding hydrogens is 311 g/mol. The van der Waals surface area contributed by atoms with E-state index in [-0.39, 0.29) is 30.8 Å². The lowest BCUT2D eigenvalue weighted by Gasteiger charge is -2.11. The largest absolute Gasteiger partial charge is 0.489 e. The minimum Gasteiger partial charge on any atom is -0.489 e. The Kier molecular flexibility index (Phi) is 5.89. The van der Waals surface area contributed by atoms with Gasteiger partial charge < -0.3 is 15.0 Å². The van der Waals surface area contributed by atoms with Crippen LogP contribution in [0.1, 0.15) is 15.9 Å². The average molecular weight is 330 g/mol. The second-order valence-corrected chi connectivity index (χ2v) is 5.41. The van der Waals surface area contributed by atoms with Crippen LogP contribution in [-0.4, -0.2) is 37.4 Å². The summed E-state index contributed by atoms with van der Waals surface area (Å²) >= 11 is 0. The Morgan fingerprint density at radius 3 is 2.50 bits per heavy atom. The number of hydrogen-bond acceptors (Lipinski definition) is 3. The lowest BCUT2D eigenvalue weighted by molar-refractivity contribution is -0.127. The fourth-order valence-electron chi connectivity index (χ4n) is 1.89. The van der Waals surface area contributed by atoms with E-state index in [0.717, 1.165) is 5.56 Å². The molecule has 0 fully saturated rings. The van der Waals surface area contributed by atoms with E-state index >= 15 is 0 Å². The molecule has 0 bridgehead atoms. The summed E-state index contributed by atoms with van der Waals surface area (Å²) in [4.78, 5) is 25.0. The smallest absolute Gasteiger partial charge is 0.251 e. The lowest BCUT2D eigenvalue weighted by atomic mass is 10.2. The van der Waals surface area contributed by atoms with Crippen LogP contribution >= 0.6 is 0 Å².